The van der Waals surface area contributed by atoms with Crippen molar-refractivity contribution < 1.29 is 27.8 Å². The van der Waals surface area contributed by atoms with Crippen molar-refractivity contribution in [3.05, 3.63) is 29.3 Å². The van der Waals surface area contributed by atoms with Gasteiger partial charge in [0.2, 0.25) is 0 Å². The van der Waals surface area contributed by atoms with Gasteiger partial charge in [-0.15, -0.1) is 13.2 Å². The smallest absolute Gasteiger partial charge is 0.481 e. The first-order valence-corrected chi connectivity index (χ1v) is 4.91. The van der Waals surface area contributed by atoms with E-state index in [1.165, 1.54) is 12.1 Å². The lowest BCUT2D eigenvalue weighted by Gasteiger charge is -2.13. The first-order chi connectivity index (χ1) is 7.81. The molecule has 0 saturated heterocycles. The van der Waals surface area contributed by atoms with Crippen LogP contribution in [-0.2, 0) is 17.6 Å². The fourth-order valence-electron chi connectivity index (χ4n) is 1.40. The van der Waals surface area contributed by atoms with Crippen molar-refractivity contribution >= 4 is 5.97 Å². The second-order valence-electron chi connectivity index (χ2n) is 3.41. The molecule has 0 heterocycles. The van der Waals surface area contributed by atoms with Crippen molar-refractivity contribution in [2.24, 2.45) is 0 Å². The maximum absolute atomic E-state index is 12.1. The summed E-state index contributed by atoms with van der Waals surface area (Å²) in [6, 6.07) is 4.04. The Morgan fingerprint density at radius 1 is 1.41 bits per heavy atom. The van der Waals surface area contributed by atoms with Gasteiger partial charge in [-0.05, 0) is 23.6 Å². The Balaban J connectivity index is 3.02. The van der Waals surface area contributed by atoms with Gasteiger partial charge in [0.25, 0.3) is 0 Å². The van der Waals surface area contributed by atoms with Gasteiger partial charge in [-0.3, -0.25) is 4.79 Å². The number of hydrogen-bond acceptors (Lipinski definition) is 2. The van der Waals surface area contributed by atoms with Crippen LogP contribution in [0.25, 0.3) is 0 Å². The van der Waals surface area contributed by atoms with E-state index < -0.39 is 12.3 Å². The zero-order chi connectivity index (χ0) is 13.1. The normalized spacial score (nSPS) is 11.3. The predicted octanol–water partition coefficient (Wildman–Crippen LogP) is 2.77. The fourth-order valence-corrected chi connectivity index (χ4v) is 1.40. The van der Waals surface area contributed by atoms with Gasteiger partial charge in [0, 0.05) is 0 Å². The van der Waals surface area contributed by atoms with E-state index in [0.717, 1.165) is 6.07 Å². The van der Waals surface area contributed by atoms with Crippen LogP contribution in [0.2, 0.25) is 0 Å². The number of carbonyl (C=O) groups is 1. The molecule has 6 heteroatoms. The summed E-state index contributed by atoms with van der Waals surface area (Å²) in [5.74, 6) is -1.44. The van der Waals surface area contributed by atoms with Crippen molar-refractivity contribution in [2.75, 3.05) is 0 Å². The van der Waals surface area contributed by atoms with Gasteiger partial charge >= 0.3 is 12.3 Å². The van der Waals surface area contributed by atoms with Gasteiger partial charge in [-0.2, -0.15) is 0 Å². The lowest BCUT2D eigenvalue weighted by atomic mass is 10.1. The van der Waals surface area contributed by atoms with E-state index in [2.05, 4.69) is 4.74 Å². The summed E-state index contributed by atoms with van der Waals surface area (Å²) >= 11 is 0. The summed E-state index contributed by atoms with van der Waals surface area (Å²) in [4.78, 5) is 10.5. The third-order valence-corrected chi connectivity index (χ3v) is 2.09. The SMILES string of the molecule is CCc1ccc(CC(=O)O)cc1OC(F)(F)F. The molecule has 0 aliphatic carbocycles. The summed E-state index contributed by atoms with van der Waals surface area (Å²) in [5, 5.41) is 8.55. The molecule has 94 valence electrons. The van der Waals surface area contributed by atoms with E-state index >= 15 is 0 Å². The van der Waals surface area contributed by atoms with Crippen LogP contribution in [0, 0.1) is 0 Å². The van der Waals surface area contributed by atoms with Crippen LogP contribution in [0.3, 0.4) is 0 Å². The first kappa shape index (κ1) is 13.3. The zero-order valence-corrected chi connectivity index (χ0v) is 9.04. The van der Waals surface area contributed by atoms with E-state index in [-0.39, 0.29) is 17.7 Å². The predicted molar refractivity (Wildman–Crippen MR) is 53.8 cm³/mol. The minimum atomic E-state index is -4.77. The standard InChI is InChI=1S/C11H11F3O3/c1-2-8-4-3-7(6-10(15)16)5-9(8)17-11(12,13)14/h3-5H,2,6H2,1H3,(H,15,16). The van der Waals surface area contributed by atoms with E-state index in [9.17, 15) is 18.0 Å². The highest BCUT2D eigenvalue weighted by Crippen LogP contribution is 2.28. The van der Waals surface area contributed by atoms with Gasteiger partial charge < -0.3 is 9.84 Å². The summed E-state index contributed by atoms with van der Waals surface area (Å²) in [6.07, 6.45) is -4.73. The van der Waals surface area contributed by atoms with Crippen LogP contribution in [0.1, 0.15) is 18.1 Å². The van der Waals surface area contributed by atoms with Crippen LogP contribution < -0.4 is 4.74 Å². The first-order valence-electron chi connectivity index (χ1n) is 4.91. The molecule has 0 aromatic heterocycles. The fraction of sp³-hybridized carbons (Fsp3) is 0.364. The van der Waals surface area contributed by atoms with Crippen LogP contribution in [0.15, 0.2) is 18.2 Å². The van der Waals surface area contributed by atoms with Gasteiger partial charge in [-0.25, -0.2) is 0 Å². The number of ether oxygens (including phenoxy) is 1. The van der Waals surface area contributed by atoms with Gasteiger partial charge in [0.15, 0.2) is 0 Å². The van der Waals surface area contributed by atoms with E-state index in [4.69, 9.17) is 5.11 Å². The molecule has 0 unspecified atom stereocenters. The highest BCUT2D eigenvalue weighted by molar-refractivity contribution is 5.70. The second-order valence-corrected chi connectivity index (χ2v) is 3.41. The van der Waals surface area contributed by atoms with E-state index in [1.54, 1.807) is 6.92 Å². The molecule has 0 saturated carbocycles. The maximum Gasteiger partial charge on any atom is 0.573 e. The Kier molecular flexibility index (Phi) is 3.98. The molecule has 0 fully saturated rings. The highest BCUT2D eigenvalue weighted by Gasteiger charge is 2.32. The van der Waals surface area contributed by atoms with Gasteiger partial charge in [0.05, 0.1) is 6.42 Å². The van der Waals surface area contributed by atoms with Crippen molar-refractivity contribution in [3.63, 3.8) is 0 Å². The molecular weight excluding hydrogens is 237 g/mol. The summed E-state index contributed by atoms with van der Waals surface area (Å²) < 4.78 is 40.2. The Morgan fingerprint density at radius 3 is 2.53 bits per heavy atom. The van der Waals surface area contributed by atoms with Crippen molar-refractivity contribution in [2.45, 2.75) is 26.1 Å². The number of hydrogen-bond donors (Lipinski definition) is 1. The molecule has 0 atom stereocenters. The number of benzene rings is 1. The molecule has 1 N–H and O–H groups in total. The zero-order valence-electron chi connectivity index (χ0n) is 9.04. The Bertz CT molecular complexity index is 413. The average Bonchev–Trinajstić information content (AvgIpc) is 2.14. The van der Waals surface area contributed by atoms with Crippen LogP contribution in [-0.4, -0.2) is 17.4 Å². The molecule has 0 radical (unpaired) electrons. The van der Waals surface area contributed by atoms with Crippen LogP contribution >= 0.6 is 0 Å². The van der Waals surface area contributed by atoms with Crippen LogP contribution in [0.4, 0.5) is 13.2 Å². The maximum atomic E-state index is 12.1. The summed E-state index contributed by atoms with van der Waals surface area (Å²) in [6.45, 7) is 1.69. The van der Waals surface area contributed by atoms with Crippen LogP contribution in [0.5, 0.6) is 5.75 Å². The lowest BCUT2D eigenvalue weighted by Crippen LogP contribution is -2.18. The minimum Gasteiger partial charge on any atom is -0.481 e. The molecule has 17 heavy (non-hydrogen) atoms. The molecule has 0 bridgehead atoms. The summed E-state index contributed by atoms with van der Waals surface area (Å²) in [5.41, 5.74) is 0.658. The summed E-state index contributed by atoms with van der Waals surface area (Å²) in [7, 11) is 0. The monoisotopic (exact) mass is 248 g/mol. The molecule has 1 aromatic rings. The number of aryl methyl sites for hydroxylation is 1. The Hall–Kier alpha value is -1.72. The minimum absolute atomic E-state index is 0.272. The average molecular weight is 248 g/mol. The second kappa shape index (κ2) is 5.07. The number of aliphatic carboxylic acids is 1. The molecule has 1 rings (SSSR count). The molecule has 1 aromatic carbocycles. The molecule has 0 aliphatic heterocycles. The van der Waals surface area contributed by atoms with Crippen molar-refractivity contribution in [1.29, 1.82) is 0 Å². The molecule has 0 aliphatic rings. The van der Waals surface area contributed by atoms with Gasteiger partial charge in [0.1, 0.15) is 5.75 Å². The lowest BCUT2D eigenvalue weighted by molar-refractivity contribution is -0.274. The molecule has 3 nitrogen and oxygen atoms in total. The van der Waals surface area contributed by atoms with Gasteiger partial charge in [-0.1, -0.05) is 19.1 Å². The third kappa shape index (κ3) is 4.34. The molecular formula is C11H11F3O3. The van der Waals surface area contributed by atoms with E-state index in [1.807, 2.05) is 0 Å². The Morgan fingerprint density at radius 2 is 2.06 bits per heavy atom. The number of carboxylic acid groups (broad SMARTS) is 1. The number of halogens is 3. The quantitative estimate of drug-likeness (QED) is 0.891. The molecule has 0 spiro atoms. The topological polar surface area (TPSA) is 46.5 Å². The number of alkyl halides is 3. The van der Waals surface area contributed by atoms with Crippen molar-refractivity contribution in [3.8, 4) is 5.75 Å². The number of rotatable bonds is 4. The Labute approximate surface area is 95.8 Å². The van der Waals surface area contributed by atoms with Crippen molar-refractivity contribution in [1.82, 2.24) is 0 Å². The van der Waals surface area contributed by atoms with E-state index in [0.29, 0.717) is 12.0 Å². The number of carboxylic acids is 1. The third-order valence-electron chi connectivity index (χ3n) is 2.09. The molecule has 0 amide bonds. The largest absolute Gasteiger partial charge is 0.573 e. The highest BCUT2D eigenvalue weighted by atomic mass is 19.4.